The third-order valence-corrected chi connectivity index (χ3v) is 1.57. The molecule has 0 aromatic carbocycles. The predicted molar refractivity (Wildman–Crippen MR) is 45.3 cm³/mol. The molecule has 1 aromatic rings. The highest BCUT2D eigenvalue weighted by Gasteiger charge is 2.05. The third kappa shape index (κ3) is 1.63. The van der Waals surface area contributed by atoms with Crippen molar-refractivity contribution in [3.8, 4) is 0 Å². The molecule has 1 rings (SSSR count). The second kappa shape index (κ2) is 3.38. The molecular formula is C6H7ClN4O. The lowest BCUT2D eigenvalue weighted by Crippen LogP contribution is -2.30. The minimum atomic E-state index is -0.454. The average Bonchev–Trinajstić information content (AvgIpc) is 2.08. The van der Waals surface area contributed by atoms with Crippen LogP contribution in [0, 0.1) is 0 Å². The molecule has 0 bridgehead atoms. The highest BCUT2D eigenvalue weighted by Crippen LogP contribution is 2.16. The van der Waals surface area contributed by atoms with Gasteiger partial charge in [0.2, 0.25) is 0 Å². The molecule has 0 atom stereocenters. The van der Waals surface area contributed by atoms with Gasteiger partial charge in [-0.2, -0.15) is 0 Å². The van der Waals surface area contributed by atoms with E-state index in [1.54, 1.807) is 0 Å². The van der Waals surface area contributed by atoms with Gasteiger partial charge in [0.1, 0.15) is 5.82 Å². The van der Waals surface area contributed by atoms with Crippen molar-refractivity contribution in [2.45, 2.75) is 0 Å². The zero-order valence-corrected chi connectivity index (χ0v) is 6.80. The number of carbonyl (C=O) groups excluding carboxylic acids is 1. The number of carbonyl (C=O) groups is 1. The Bertz CT molecular complexity index is 314. The topological polar surface area (TPSA) is 94.0 Å². The minimum absolute atomic E-state index is 0.185. The predicted octanol–water partition coefficient (Wildman–Crippen LogP) is -0.0793. The molecule has 0 spiro atoms. The van der Waals surface area contributed by atoms with Crippen LogP contribution >= 0.6 is 11.6 Å². The number of anilines is 1. The smallest absolute Gasteiger partial charge is 0.266 e. The minimum Gasteiger partial charge on any atom is -0.382 e. The lowest BCUT2D eigenvalue weighted by Gasteiger charge is -2.00. The Morgan fingerprint density at radius 1 is 1.67 bits per heavy atom. The van der Waals surface area contributed by atoms with Gasteiger partial charge in [-0.15, -0.1) is 0 Å². The molecule has 5 N–H and O–H groups in total. The van der Waals surface area contributed by atoms with E-state index < -0.39 is 5.91 Å². The normalized spacial score (nSPS) is 9.50. The Hall–Kier alpha value is -1.33. The lowest BCUT2D eigenvalue weighted by molar-refractivity contribution is 0.0953. The first-order valence-electron chi connectivity index (χ1n) is 3.07. The summed E-state index contributed by atoms with van der Waals surface area (Å²) in [5, 5.41) is 0.233. The molecular weight excluding hydrogens is 180 g/mol. The Morgan fingerprint density at radius 2 is 2.33 bits per heavy atom. The van der Waals surface area contributed by atoms with E-state index in [1.807, 2.05) is 5.43 Å². The number of aromatic nitrogens is 1. The van der Waals surface area contributed by atoms with Crippen LogP contribution in [0.2, 0.25) is 5.02 Å². The van der Waals surface area contributed by atoms with Crippen LogP contribution in [0.4, 0.5) is 5.82 Å². The van der Waals surface area contributed by atoms with Crippen molar-refractivity contribution in [2.24, 2.45) is 5.84 Å². The fourth-order valence-electron chi connectivity index (χ4n) is 0.656. The number of nitrogen functional groups attached to an aromatic ring is 2. The van der Waals surface area contributed by atoms with E-state index in [0.29, 0.717) is 0 Å². The fraction of sp³-hybridized carbons (Fsp3) is 0. The van der Waals surface area contributed by atoms with E-state index >= 15 is 0 Å². The van der Waals surface area contributed by atoms with Crippen LogP contribution in [0.1, 0.15) is 10.4 Å². The summed E-state index contributed by atoms with van der Waals surface area (Å²) < 4.78 is 0. The first kappa shape index (κ1) is 8.76. The fourth-order valence-corrected chi connectivity index (χ4v) is 0.822. The van der Waals surface area contributed by atoms with Gasteiger partial charge in [-0.3, -0.25) is 10.2 Å². The van der Waals surface area contributed by atoms with Crippen LogP contribution in [0.15, 0.2) is 12.3 Å². The molecule has 6 heteroatoms. The second-order valence-corrected chi connectivity index (χ2v) is 2.47. The van der Waals surface area contributed by atoms with Gasteiger partial charge in [-0.1, -0.05) is 11.6 Å². The Morgan fingerprint density at radius 3 is 2.83 bits per heavy atom. The maximum Gasteiger partial charge on any atom is 0.266 e. The van der Waals surface area contributed by atoms with Crippen LogP contribution in [-0.4, -0.2) is 10.9 Å². The van der Waals surface area contributed by atoms with Gasteiger partial charge in [0.05, 0.1) is 10.6 Å². The maximum absolute atomic E-state index is 10.9. The number of rotatable bonds is 1. The molecule has 64 valence electrons. The first-order chi connectivity index (χ1) is 5.65. The van der Waals surface area contributed by atoms with Gasteiger partial charge in [0, 0.05) is 6.20 Å². The molecule has 0 radical (unpaired) electrons. The first-order valence-corrected chi connectivity index (χ1v) is 3.45. The van der Waals surface area contributed by atoms with Gasteiger partial charge in [-0.05, 0) is 6.07 Å². The summed E-state index contributed by atoms with van der Waals surface area (Å²) in [5.41, 5.74) is 7.55. The zero-order chi connectivity index (χ0) is 9.14. The Kier molecular flexibility index (Phi) is 2.47. The van der Waals surface area contributed by atoms with Crippen LogP contribution in [0.25, 0.3) is 0 Å². The van der Waals surface area contributed by atoms with Gasteiger partial charge in [0.25, 0.3) is 5.91 Å². The Balaban J connectivity index is 3.05. The highest BCUT2D eigenvalue weighted by atomic mass is 35.5. The number of hydrazine groups is 1. The quantitative estimate of drug-likeness (QED) is 0.325. The van der Waals surface area contributed by atoms with Crippen molar-refractivity contribution in [1.82, 2.24) is 10.4 Å². The maximum atomic E-state index is 10.9. The van der Waals surface area contributed by atoms with Gasteiger partial charge >= 0.3 is 0 Å². The SMILES string of the molecule is NNC(=O)c1cnc(N)c(Cl)c1. The molecule has 1 heterocycles. The van der Waals surface area contributed by atoms with Crippen molar-refractivity contribution >= 4 is 23.3 Å². The summed E-state index contributed by atoms with van der Waals surface area (Å²) in [6.07, 6.45) is 1.30. The molecule has 0 unspecified atom stereocenters. The van der Waals surface area contributed by atoms with E-state index in [9.17, 15) is 4.79 Å². The lowest BCUT2D eigenvalue weighted by atomic mass is 10.3. The van der Waals surface area contributed by atoms with Gasteiger partial charge in [-0.25, -0.2) is 10.8 Å². The van der Waals surface area contributed by atoms with E-state index in [0.717, 1.165) is 0 Å². The van der Waals surface area contributed by atoms with Gasteiger partial charge in [0.15, 0.2) is 0 Å². The van der Waals surface area contributed by atoms with Crippen molar-refractivity contribution in [3.05, 3.63) is 22.8 Å². The number of hydrogen-bond donors (Lipinski definition) is 3. The zero-order valence-electron chi connectivity index (χ0n) is 6.04. The summed E-state index contributed by atoms with van der Waals surface area (Å²) in [6.45, 7) is 0. The van der Waals surface area contributed by atoms with Crippen LogP contribution in [0.5, 0.6) is 0 Å². The molecule has 12 heavy (non-hydrogen) atoms. The number of halogens is 1. The van der Waals surface area contributed by atoms with E-state index in [4.69, 9.17) is 23.2 Å². The number of nitrogens with zero attached hydrogens (tertiary/aromatic N) is 1. The molecule has 5 nitrogen and oxygen atoms in total. The van der Waals surface area contributed by atoms with Gasteiger partial charge < -0.3 is 5.73 Å². The van der Waals surface area contributed by atoms with Crippen molar-refractivity contribution in [2.75, 3.05) is 5.73 Å². The molecule has 0 aliphatic carbocycles. The molecule has 0 aliphatic heterocycles. The summed E-state index contributed by atoms with van der Waals surface area (Å²) >= 11 is 5.61. The molecule has 1 aromatic heterocycles. The number of amides is 1. The number of pyridine rings is 1. The average molecular weight is 187 g/mol. The summed E-state index contributed by atoms with van der Waals surface area (Å²) in [5.74, 6) is 4.62. The monoisotopic (exact) mass is 186 g/mol. The molecule has 0 saturated heterocycles. The molecule has 0 saturated carbocycles. The summed E-state index contributed by atoms with van der Waals surface area (Å²) in [7, 11) is 0. The highest BCUT2D eigenvalue weighted by molar-refractivity contribution is 6.33. The van der Waals surface area contributed by atoms with Crippen LogP contribution < -0.4 is 17.0 Å². The number of hydrogen-bond acceptors (Lipinski definition) is 4. The third-order valence-electron chi connectivity index (χ3n) is 1.26. The van der Waals surface area contributed by atoms with Crippen molar-refractivity contribution in [1.29, 1.82) is 0 Å². The summed E-state index contributed by atoms with van der Waals surface area (Å²) in [4.78, 5) is 14.6. The molecule has 0 fully saturated rings. The van der Waals surface area contributed by atoms with E-state index in [-0.39, 0.29) is 16.4 Å². The standard InChI is InChI=1S/C6H7ClN4O/c7-4-1-3(6(12)11-9)2-10-5(4)8/h1-2H,9H2,(H2,8,10)(H,11,12). The van der Waals surface area contributed by atoms with Crippen molar-refractivity contribution in [3.63, 3.8) is 0 Å². The second-order valence-electron chi connectivity index (χ2n) is 2.06. The number of nitrogens with one attached hydrogen (secondary N) is 1. The summed E-state index contributed by atoms with van der Waals surface area (Å²) in [6, 6.07) is 1.39. The van der Waals surface area contributed by atoms with Crippen LogP contribution in [0.3, 0.4) is 0 Å². The largest absolute Gasteiger partial charge is 0.382 e. The van der Waals surface area contributed by atoms with E-state index in [1.165, 1.54) is 12.3 Å². The Labute approximate surface area is 73.7 Å². The molecule has 1 amide bonds. The van der Waals surface area contributed by atoms with Crippen molar-refractivity contribution < 1.29 is 4.79 Å². The van der Waals surface area contributed by atoms with E-state index in [2.05, 4.69) is 4.98 Å². The van der Waals surface area contributed by atoms with Crippen LogP contribution in [-0.2, 0) is 0 Å². The number of nitrogens with two attached hydrogens (primary N) is 2. The molecule has 0 aliphatic rings.